The number of rotatable bonds is 4. The molecule has 0 aliphatic carbocycles. The summed E-state index contributed by atoms with van der Waals surface area (Å²) in [5.41, 5.74) is 0.959. The molecule has 0 aliphatic rings. The minimum absolute atomic E-state index is 0.00586. The molecule has 0 heterocycles. The number of phenols is 1. The van der Waals surface area contributed by atoms with Gasteiger partial charge in [-0.1, -0.05) is 12.1 Å². The van der Waals surface area contributed by atoms with Gasteiger partial charge in [0.05, 0.1) is 11.6 Å². The largest absolute Gasteiger partial charge is 0.507 e. The van der Waals surface area contributed by atoms with Gasteiger partial charge in [0.1, 0.15) is 11.3 Å². The maximum atomic E-state index is 11.7. The molecule has 1 amide bonds. The highest BCUT2D eigenvalue weighted by atomic mass is 16.5. The van der Waals surface area contributed by atoms with Gasteiger partial charge in [-0.05, 0) is 36.4 Å². The summed E-state index contributed by atoms with van der Waals surface area (Å²) in [5.74, 6) is -1.51. The van der Waals surface area contributed by atoms with E-state index in [9.17, 15) is 14.7 Å². The number of nitrogens with zero attached hydrogens (tertiary/aromatic N) is 1. The number of hydrogen-bond acceptors (Lipinski definition) is 5. The van der Waals surface area contributed by atoms with Crippen LogP contribution in [0.4, 0.5) is 5.69 Å². The predicted octanol–water partition coefficient (Wildman–Crippen LogP) is 2.06. The Hall–Kier alpha value is -3.33. The average molecular weight is 296 g/mol. The number of nitrogens with one attached hydrogen (secondary N) is 1. The highest BCUT2D eigenvalue weighted by Crippen LogP contribution is 2.16. The van der Waals surface area contributed by atoms with Crippen LogP contribution in [0.2, 0.25) is 0 Å². The molecule has 0 radical (unpaired) electrons. The summed E-state index contributed by atoms with van der Waals surface area (Å²) in [6.07, 6.45) is 0. The summed E-state index contributed by atoms with van der Waals surface area (Å²) in [4.78, 5) is 23.4. The molecule has 0 fully saturated rings. The van der Waals surface area contributed by atoms with Crippen molar-refractivity contribution in [2.24, 2.45) is 0 Å². The van der Waals surface area contributed by atoms with Crippen LogP contribution < -0.4 is 5.32 Å². The number of amides is 1. The second kappa shape index (κ2) is 6.90. The summed E-state index contributed by atoms with van der Waals surface area (Å²) in [5, 5.41) is 20.7. The van der Waals surface area contributed by atoms with Crippen molar-refractivity contribution >= 4 is 17.6 Å². The van der Waals surface area contributed by atoms with Gasteiger partial charge in [-0.15, -0.1) is 0 Å². The van der Waals surface area contributed by atoms with Crippen LogP contribution in [0, 0.1) is 11.3 Å². The van der Waals surface area contributed by atoms with Crippen molar-refractivity contribution in [1.82, 2.24) is 0 Å². The smallest absolute Gasteiger partial charge is 0.342 e. The second-order valence-electron chi connectivity index (χ2n) is 4.33. The molecule has 6 heteroatoms. The maximum Gasteiger partial charge on any atom is 0.342 e. The number of aromatic hydroxyl groups is 1. The van der Waals surface area contributed by atoms with Crippen LogP contribution in [-0.4, -0.2) is 23.6 Å². The van der Waals surface area contributed by atoms with Gasteiger partial charge >= 0.3 is 5.97 Å². The zero-order valence-corrected chi connectivity index (χ0v) is 11.4. The van der Waals surface area contributed by atoms with E-state index < -0.39 is 18.5 Å². The molecule has 22 heavy (non-hydrogen) atoms. The third-order valence-electron chi connectivity index (χ3n) is 2.76. The summed E-state index contributed by atoms with van der Waals surface area (Å²) < 4.78 is 4.82. The first-order valence-corrected chi connectivity index (χ1v) is 6.35. The molecule has 110 valence electrons. The van der Waals surface area contributed by atoms with E-state index in [4.69, 9.17) is 10.00 Å². The van der Waals surface area contributed by atoms with Gasteiger partial charge < -0.3 is 15.2 Å². The number of hydrogen-bond donors (Lipinski definition) is 2. The van der Waals surface area contributed by atoms with Gasteiger partial charge in [-0.25, -0.2) is 4.79 Å². The van der Waals surface area contributed by atoms with E-state index in [2.05, 4.69) is 5.32 Å². The van der Waals surface area contributed by atoms with Gasteiger partial charge in [-0.3, -0.25) is 4.79 Å². The average Bonchev–Trinajstić information content (AvgIpc) is 2.54. The molecule has 0 saturated heterocycles. The Kier molecular flexibility index (Phi) is 4.73. The SMILES string of the molecule is N#Cc1ccc(NC(=O)COC(=O)c2ccccc2O)cc1. The van der Waals surface area contributed by atoms with Crippen LogP contribution >= 0.6 is 0 Å². The lowest BCUT2D eigenvalue weighted by Gasteiger charge is -2.07. The highest BCUT2D eigenvalue weighted by molar-refractivity contribution is 5.96. The summed E-state index contributed by atoms with van der Waals surface area (Å²) >= 11 is 0. The van der Waals surface area contributed by atoms with Crippen molar-refractivity contribution in [1.29, 1.82) is 5.26 Å². The van der Waals surface area contributed by atoms with Crippen LogP contribution in [-0.2, 0) is 9.53 Å². The van der Waals surface area contributed by atoms with Gasteiger partial charge in [0.15, 0.2) is 6.61 Å². The van der Waals surface area contributed by atoms with Gasteiger partial charge in [-0.2, -0.15) is 5.26 Å². The summed E-state index contributed by atoms with van der Waals surface area (Å²) in [6.45, 7) is -0.479. The van der Waals surface area contributed by atoms with Gasteiger partial charge in [0.2, 0.25) is 0 Å². The number of para-hydroxylation sites is 1. The van der Waals surface area contributed by atoms with Crippen molar-refractivity contribution in [3.05, 3.63) is 59.7 Å². The minimum atomic E-state index is -0.784. The monoisotopic (exact) mass is 296 g/mol. The van der Waals surface area contributed by atoms with E-state index in [0.29, 0.717) is 11.3 Å². The molecule has 0 unspecified atom stereocenters. The van der Waals surface area contributed by atoms with Crippen molar-refractivity contribution < 1.29 is 19.4 Å². The zero-order chi connectivity index (χ0) is 15.9. The Morgan fingerprint density at radius 3 is 2.45 bits per heavy atom. The molecule has 2 aromatic rings. The van der Waals surface area contributed by atoms with Crippen LogP contribution in [0.3, 0.4) is 0 Å². The fourth-order valence-corrected chi connectivity index (χ4v) is 1.68. The molecule has 0 spiro atoms. The molecule has 0 atom stereocenters. The van der Waals surface area contributed by atoms with Crippen LogP contribution in [0.15, 0.2) is 48.5 Å². The van der Waals surface area contributed by atoms with Crippen LogP contribution in [0.1, 0.15) is 15.9 Å². The lowest BCUT2D eigenvalue weighted by Crippen LogP contribution is -2.20. The van der Waals surface area contributed by atoms with E-state index in [1.165, 1.54) is 12.1 Å². The molecule has 2 N–H and O–H groups in total. The normalized spacial score (nSPS) is 9.59. The number of carbonyl (C=O) groups excluding carboxylic acids is 2. The van der Waals surface area contributed by atoms with E-state index in [0.717, 1.165) is 0 Å². The molecule has 0 saturated carbocycles. The fraction of sp³-hybridized carbons (Fsp3) is 0.0625. The van der Waals surface area contributed by atoms with Crippen LogP contribution in [0.25, 0.3) is 0 Å². The topological polar surface area (TPSA) is 99.4 Å². The first-order valence-electron chi connectivity index (χ1n) is 6.35. The van der Waals surface area contributed by atoms with E-state index in [1.807, 2.05) is 6.07 Å². The molecule has 6 nitrogen and oxygen atoms in total. The van der Waals surface area contributed by atoms with E-state index in [-0.39, 0.29) is 11.3 Å². The van der Waals surface area contributed by atoms with Crippen molar-refractivity contribution in [3.63, 3.8) is 0 Å². The first-order chi connectivity index (χ1) is 10.6. The Balaban J connectivity index is 1.89. The maximum absolute atomic E-state index is 11.7. The minimum Gasteiger partial charge on any atom is -0.507 e. The number of phenolic OH excluding ortho intramolecular Hbond substituents is 1. The number of ether oxygens (including phenoxy) is 1. The van der Waals surface area contributed by atoms with Crippen molar-refractivity contribution in [2.75, 3.05) is 11.9 Å². The molecular weight excluding hydrogens is 284 g/mol. The Bertz CT molecular complexity index is 733. The molecule has 2 aromatic carbocycles. The third-order valence-corrected chi connectivity index (χ3v) is 2.76. The van der Waals surface area contributed by atoms with Crippen LogP contribution in [0.5, 0.6) is 5.75 Å². The highest BCUT2D eigenvalue weighted by Gasteiger charge is 2.13. The number of anilines is 1. The fourth-order valence-electron chi connectivity index (χ4n) is 1.68. The Labute approximate surface area is 126 Å². The molecule has 0 aliphatic heterocycles. The number of carbonyl (C=O) groups is 2. The van der Waals surface area contributed by atoms with Crippen molar-refractivity contribution in [3.8, 4) is 11.8 Å². The summed E-state index contributed by atoms with van der Waals surface area (Å²) in [6, 6.07) is 14.1. The number of esters is 1. The summed E-state index contributed by atoms with van der Waals surface area (Å²) in [7, 11) is 0. The van der Waals surface area contributed by atoms with E-state index >= 15 is 0 Å². The molecule has 2 rings (SSSR count). The Morgan fingerprint density at radius 1 is 1.14 bits per heavy atom. The quantitative estimate of drug-likeness (QED) is 0.841. The molecule has 0 aromatic heterocycles. The van der Waals surface area contributed by atoms with Gasteiger partial charge in [0, 0.05) is 5.69 Å². The third kappa shape index (κ3) is 3.84. The second-order valence-corrected chi connectivity index (χ2v) is 4.33. The van der Waals surface area contributed by atoms with E-state index in [1.54, 1.807) is 36.4 Å². The van der Waals surface area contributed by atoms with Crippen molar-refractivity contribution in [2.45, 2.75) is 0 Å². The predicted molar refractivity (Wildman–Crippen MR) is 78.2 cm³/mol. The standard InChI is InChI=1S/C16H12N2O4/c17-9-11-5-7-12(8-6-11)18-15(20)10-22-16(21)13-3-1-2-4-14(13)19/h1-8,19H,10H2,(H,18,20). The Morgan fingerprint density at radius 2 is 1.82 bits per heavy atom. The molecule has 0 bridgehead atoms. The van der Waals surface area contributed by atoms with Gasteiger partial charge in [0.25, 0.3) is 5.91 Å². The number of benzene rings is 2. The number of nitriles is 1. The first kappa shape index (κ1) is 15.1. The lowest BCUT2D eigenvalue weighted by atomic mass is 10.2. The molecular formula is C16H12N2O4. The lowest BCUT2D eigenvalue weighted by molar-refractivity contribution is -0.119. The zero-order valence-electron chi connectivity index (χ0n) is 11.4.